The molecule has 0 aliphatic heterocycles. The standard InChI is InChI=1S/C27H35ClN6O3/c1-36-12-11-30-18-7-5-15-6-10-21(24(37-2)19(15)9-8-18)32-27-31-14-20(28)26(34-27)33-23-17-4-3-16(13-17)22(23)25(29)35/h3-4,6,10,14,16-18,22-23,30H,5,7-9,11-13H2,1-2H3,(H2,29,35)(H2,31,32,33,34)/t16-,17+,18-,22+,23-/m1/s1. The molecule has 1 aromatic carbocycles. The van der Waals surface area contributed by atoms with Crippen molar-refractivity contribution in [3.8, 4) is 5.75 Å². The summed E-state index contributed by atoms with van der Waals surface area (Å²) in [5, 5.41) is 10.7. The second kappa shape index (κ2) is 11.2. The van der Waals surface area contributed by atoms with Crippen LogP contribution in [0.3, 0.4) is 0 Å². The molecule has 1 fully saturated rings. The Morgan fingerprint density at radius 1 is 1.19 bits per heavy atom. The van der Waals surface area contributed by atoms with Crippen LogP contribution in [0.25, 0.3) is 0 Å². The molecule has 37 heavy (non-hydrogen) atoms. The highest BCUT2D eigenvalue weighted by Gasteiger charge is 2.47. The van der Waals surface area contributed by atoms with E-state index in [2.05, 4.69) is 44.1 Å². The summed E-state index contributed by atoms with van der Waals surface area (Å²) in [6, 6.07) is 4.49. The summed E-state index contributed by atoms with van der Waals surface area (Å²) in [6.45, 7) is 1.56. The van der Waals surface area contributed by atoms with Crippen molar-refractivity contribution in [1.29, 1.82) is 0 Å². The Hall–Kier alpha value is -2.88. The van der Waals surface area contributed by atoms with Gasteiger partial charge in [0.05, 0.1) is 31.5 Å². The van der Waals surface area contributed by atoms with Gasteiger partial charge in [0.2, 0.25) is 11.9 Å². The second-order valence-electron chi connectivity index (χ2n) is 10.1. The zero-order chi connectivity index (χ0) is 25.9. The Kier molecular flexibility index (Phi) is 7.83. The number of aromatic nitrogens is 2. The molecule has 2 bridgehead atoms. The predicted molar refractivity (Wildman–Crippen MR) is 144 cm³/mol. The average Bonchev–Trinajstić information content (AvgIpc) is 3.43. The maximum atomic E-state index is 12.1. The van der Waals surface area contributed by atoms with Gasteiger partial charge in [0, 0.05) is 25.7 Å². The number of methoxy groups -OCH3 is 2. The van der Waals surface area contributed by atoms with Crippen LogP contribution < -0.4 is 26.4 Å². The number of ether oxygens (including phenoxy) is 2. The van der Waals surface area contributed by atoms with Crippen molar-refractivity contribution in [2.24, 2.45) is 23.5 Å². The van der Waals surface area contributed by atoms with Crippen molar-refractivity contribution in [3.63, 3.8) is 0 Å². The van der Waals surface area contributed by atoms with Gasteiger partial charge in [-0.05, 0) is 61.1 Å². The van der Waals surface area contributed by atoms with E-state index < -0.39 is 0 Å². The third kappa shape index (κ3) is 5.39. The number of nitrogens with one attached hydrogen (secondary N) is 3. The van der Waals surface area contributed by atoms with Gasteiger partial charge in [0.1, 0.15) is 10.8 Å². The smallest absolute Gasteiger partial charge is 0.229 e. The molecule has 5 rings (SSSR count). The highest BCUT2D eigenvalue weighted by Crippen LogP contribution is 2.45. The number of halogens is 1. The fraction of sp³-hybridized carbons (Fsp3) is 0.519. The maximum absolute atomic E-state index is 12.1. The Morgan fingerprint density at radius 3 is 2.78 bits per heavy atom. The van der Waals surface area contributed by atoms with Crippen molar-refractivity contribution in [2.45, 2.75) is 44.2 Å². The number of allylic oxidation sites excluding steroid dienone is 1. The van der Waals surface area contributed by atoms with Crippen LogP contribution in [-0.4, -0.2) is 55.3 Å². The van der Waals surface area contributed by atoms with Crippen molar-refractivity contribution in [2.75, 3.05) is 38.0 Å². The van der Waals surface area contributed by atoms with E-state index in [1.165, 1.54) is 11.1 Å². The number of amides is 1. The van der Waals surface area contributed by atoms with Crippen LogP contribution in [0.4, 0.5) is 17.5 Å². The SMILES string of the molecule is COCCN[C@@H]1CCc2ccc(Nc3ncc(Cl)c(N[C@H]4[C@@H](C(N)=O)[C@@H]5C=C[C@H]4C5)n3)c(OC)c2CC1. The molecular formula is C27H35ClN6O3. The van der Waals surface area contributed by atoms with Crippen LogP contribution in [0.15, 0.2) is 30.5 Å². The molecule has 3 aliphatic rings. The number of anilines is 3. The van der Waals surface area contributed by atoms with Gasteiger partial charge in [0.25, 0.3) is 0 Å². The van der Waals surface area contributed by atoms with Crippen LogP contribution in [0.2, 0.25) is 5.02 Å². The quantitative estimate of drug-likeness (QED) is 0.211. The summed E-state index contributed by atoms with van der Waals surface area (Å²) in [4.78, 5) is 21.2. The number of fused-ring (bicyclic) bond motifs is 3. The summed E-state index contributed by atoms with van der Waals surface area (Å²) in [5.74, 6) is 1.50. The molecule has 10 heteroatoms. The van der Waals surface area contributed by atoms with Gasteiger partial charge in [-0.2, -0.15) is 4.98 Å². The molecule has 1 saturated carbocycles. The minimum atomic E-state index is -0.302. The maximum Gasteiger partial charge on any atom is 0.229 e. The van der Waals surface area contributed by atoms with Crippen molar-refractivity contribution in [1.82, 2.24) is 15.3 Å². The number of carbonyl (C=O) groups is 1. The van der Waals surface area contributed by atoms with Gasteiger partial charge in [-0.25, -0.2) is 4.98 Å². The molecule has 0 saturated heterocycles. The van der Waals surface area contributed by atoms with Gasteiger partial charge >= 0.3 is 0 Å². The van der Waals surface area contributed by atoms with Crippen molar-refractivity contribution < 1.29 is 14.3 Å². The number of benzene rings is 1. The first-order chi connectivity index (χ1) is 18.0. The Bertz CT molecular complexity index is 1180. The first-order valence-corrected chi connectivity index (χ1v) is 13.3. The van der Waals surface area contributed by atoms with E-state index in [0.717, 1.165) is 50.1 Å². The summed E-state index contributed by atoms with van der Waals surface area (Å²) in [7, 11) is 3.42. The van der Waals surface area contributed by atoms with E-state index in [1.54, 1.807) is 20.4 Å². The molecular weight excluding hydrogens is 492 g/mol. The molecule has 5 atom stereocenters. The third-order valence-corrected chi connectivity index (χ3v) is 8.16. The topological polar surface area (TPSA) is 123 Å². The van der Waals surface area contributed by atoms with E-state index in [0.29, 0.717) is 29.4 Å². The summed E-state index contributed by atoms with van der Waals surface area (Å²) in [5.41, 5.74) is 9.05. The van der Waals surface area contributed by atoms with E-state index in [9.17, 15) is 4.79 Å². The monoisotopic (exact) mass is 526 g/mol. The molecule has 0 unspecified atom stereocenters. The summed E-state index contributed by atoms with van der Waals surface area (Å²) in [6.07, 6.45) is 10.7. The van der Waals surface area contributed by atoms with Crippen LogP contribution in [0.1, 0.15) is 30.4 Å². The van der Waals surface area contributed by atoms with Crippen molar-refractivity contribution >= 4 is 35.0 Å². The van der Waals surface area contributed by atoms with Crippen molar-refractivity contribution in [3.05, 3.63) is 46.6 Å². The Morgan fingerprint density at radius 2 is 2.00 bits per heavy atom. The number of nitrogens with zero attached hydrogens (tertiary/aromatic N) is 2. The van der Waals surface area contributed by atoms with Crippen LogP contribution in [0, 0.1) is 17.8 Å². The Labute approximate surface area is 222 Å². The molecule has 3 aliphatic carbocycles. The predicted octanol–water partition coefficient (Wildman–Crippen LogP) is 3.45. The van der Waals surface area contributed by atoms with Gasteiger partial charge in [-0.15, -0.1) is 0 Å². The number of aryl methyl sites for hydroxylation is 1. The number of hydrogen-bond donors (Lipinski definition) is 4. The number of hydrogen-bond acceptors (Lipinski definition) is 8. The first-order valence-electron chi connectivity index (χ1n) is 12.9. The lowest BCUT2D eigenvalue weighted by Crippen LogP contribution is -2.41. The number of primary amides is 1. The van der Waals surface area contributed by atoms with Gasteiger partial charge < -0.3 is 31.2 Å². The largest absolute Gasteiger partial charge is 0.494 e. The minimum absolute atomic E-state index is 0.139. The average molecular weight is 527 g/mol. The molecule has 0 radical (unpaired) electrons. The fourth-order valence-corrected chi connectivity index (χ4v) is 6.23. The zero-order valence-corrected chi connectivity index (χ0v) is 22.1. The summed E-state index contributed by atoms with van der Waals surface area (Å²) < 4.78 is 11.1. The lowest BCUT2D eigenvalue weighted by molar-refractivity contribution is -0.122. The zero-order valence-electron chi connectivity index (χ0n) is 21.3. The molecule has 1 aromatic heterocycles. The number of rotatable bonds is 10. The number of carbonyl (C=O) groups excluding carboxylic acids is 1. The van der Waals surface area contributed by atoms with Gasteiger partial charge in [-0.3, -0.25) is 4.79 Å². The first kappa shape index (κ1) is 25.8. The van der Waals surface area contributed by atoms with E-state index in [-0.39, 0.29) is 29.7 Å². The van der Waals surface area contributed by atoms with E-state index in [1.807, 2.05) is 6.07 Å². The lowest BCUT2D eigenvalue weighted by Gasteiger charge is -2.27. The summed E-state index contributed by atoms with van der Waals surface area (Å²) >= 11 is 6.45. The Balaban J connectivity index is 1.33. The van der Waals surface area contributed by atoms with Gasteiger partial charge in [0.15, 0.2) is 5.82 Å². The van der Waals surface area contributed by atoms with E-state index in [4.69, 9.17) is 26.8 Å². The van der Waals surface area contributed by atoms with Crippen LogP contribution >= 0.6 is 11.6 Å². The molecule has 9 nitrogen and oxygen atoms in total. The lowest BCUT2D eigenvalue weighted by atomic mass is 9.88. The third-order valence-electron chi connectivity index (χ3n) is 7.89. The molecule has 0 spiro atoms. The highest BCUT2D eigenvalue weighted by atomic mass is 35.5. The van der Waals surface area contributed by atoms with Crippen LogP contribution in [0.5, 0.6) is 5.75 Å². The molecule has 1 heterocycles. The van der Waals surface area contributed by atoms with Crippen LogP contribution in [-0.2, 0) is 22.4 Å². The highest BCUT2D eigenvalue weighted by molar-refractivity contribution is 6.32. The van der Waals surface area contributed by atoms with Gasteiger partial charge in [-0.1, -0.05) is 29.8 Å². The normalized spacial score (nSPS) is 26.0. The number of nitrogens with two attached hydrogens (primary N) is 1. The molecule has 5 N–H and O–H groups in total. The minimum Gasteiger partial charge on any atom is -0.494 e. The fourth-order valence-electron chi connectivity index (χ4n) is 6.08. The second-order valence-corrected chi connectivity index (χ2v) is 10.5. The molecule has 1 amide bonds. The molecule has 198 valence electrons. The molecule has 2 aromatic rings. The van der Waals surface area contributed by atoms with E-state index >= 15 is 0 Å².